The summed E-state index contributed by atoms with van der Waals surface area (Å²) in [5.41, 5.74) is 10.6. The van der Waals surface area contributed by atoms with Gasteiger partial charge in [0, 0.05) is 47.8 Å². The first-order chi connectivity index (χ1) is 12.7. The second-order valence-electron chi connectivity index (χ2n) is 6.70. The Kier molecular flexibility index (Phi) is 5.09. The first-order valence-corrected chi connectivity index (χ1v) is 9.90. The topological polar surface area (TPSA) is 54.2 Å². The van der Waals surface area contributed by atoms with Crippen molar-refractivity contribution in [3.8, 4) is 0 Å². The molecule has 26 heavy (non-hydrogen) atoms. The summed E-state index contributed by atoms with van der Waals surface area (Å²) in [5.74, 6) is 1.03. The van der Waals surface area contributed by atoms with Crippen LogP contribution >= 0.6 is 15.9 Å². The van der Waals surface area contributed by atoms with Crippen molar-refractivity contribution in [3.63, 3.8) is 0 Å². The lowest BCUT2D eigenvalue weighted by Gasteiger charge is -2.24. The van der Waals surface area contributed by atoms with Crippen molar-refractivity contribution in [3.05, 3.63) is 64.1 Å². The fourth-order valence-electron chi connectivity index (χ4n) is 3.60. The van der Waals surface area contributed by atoms with Crippen LogP contribution in [0.5, 0.6) is 0 Å². The van der Waals surface area contributed by atoms with Crippen LogP contribution in [0.15, 0.2) is 53.0 Å². The molecule has 0 aliphatic carbocycles. The summed E-state index contributed by atoms with van der Waals surface area (Å²) < 4.78 is 1.15. The fourth-order valence-corrected chi connectivity index (χ4v) is 4.01. The Hall–Kier alpha value is -2.11. The number of hydrogen-bond acceptors (Lipinski definition) is 4. The average Bonchev–Trinajstić information content (AvgIpc) is 2.88. The van der Waals surface area contributed by atoms with Gasteiger partial charge in [-0.05, 0) is 42.2 Å². The van der Waals surface area contributed by atoms with Gasteiger partial charge in [-0.2, -0.15) is 0 Å². The summed E-state index contributed by atoms with van der Waals surface area (Å²) in [7, 11) is 0. The minimum atomic E-state index is 0.609. The zero-order valence-corrected chi connectivity index (χ0v) is 16.3. The quantitative estimate of drug-likeness (QED) is 0.672. The highest BCUT2D eigenvalue weighted by Crippen LogP contribution is 2.30. The average molecular weight is 411 g/mol. The van der Waals surface area contributed by atoms with Crippen LogP contribution in [0.1, 0.15) is 17.5 Å². The van der Waals surface area contributed by atoms with Gasteiger partial charge >= 0.3 is 0 Å². The van der Waals surface area contributed by atoms with E-state index in [9.17, 15) is 0 Å². The van der Waals surface area contributed by atoms with Crippen molar-refractivity contribution in [1.82, 2.24) is 4.98 Å². The number of nitrogens with two attached hydrogens (primary N) is 1. The lowest BCUT2D eigenvalue weighted by molar-refractivity contribution is 0.756. The van der Waals surface area contributed by atoms with E-state index in [-0.39, 0.29) is 0 Å². The Balaban J connectivity index is 1.72. The fraction of sp³-hybridized carbons (Fsp3) is 0.286. The second-order valence-corrected chi connectivity index (χ2v) is 7.61. The zero-order chi connectivity index (χ0) is 17.9. The number of halogens is 1. The lowest BCUT2D eigenvalue weighted by atomic mass is 10.0. The molecule has 2 aromatic carbocycles. The van der Waals surface area contributed by atoms with E-state index >= 15 is 0 Å². The Labute approximate surface area is 162 Å². The SMILES string of the molecule is NCCNc1cc(N2CCCc3cc(Br)ccc3C2)nc2ccccc12. The molecule has 4 rings (SSSR count). The van der Waals surface area contributed by atoms with E-state index in [1.54, 1.807) is 0 Å². The molecule has 1 aliphatic heterocycles. The molecule has 3 N–H and O–H groups in total. The van der Waals surface area contributed by atoms with E-state index < -0.39 is 0 Å². The molecule has 0 unspecified atom stereocenters. The largest absolute Gasteiger partial charge is 0.383 e. The standard InChI is InChI=1S/C21H23BrN4/c22-17-8-7-16-14-26(11-3-4-15(16)12-17)21-13-20(24-10-9-23)18-5-1-2-6-19(18)25-21/h1-2,5-8,12-13H,3-4,9-11,14,23H2,(H,24,25). The predicted octanol–water partition coefficient (Wildman–Crippen LogP) is 4.32. The minimum Gasteiger partial charge on any atom is -0.383 e. The maximum atomic E-state index is 5.69. The van der Waals surface area contributed by atoms with Gasteiger partial charge in [-0.25, -0.2) is 4.98 Å². The molecule has 0 spiro atoms. The number of para-hydroxylation sites is 1. The summed E-state index contributed by atoms with van der Waals surface area (Å²) in [6.07, 6.45) is 2.24. The monoisotopic (exact) mass is 410 g/mol. The third-order valence-electron chi connectivity index (χ3n) is 4.89. The minimum absolute atomic E-state index is 0.609. The lowest BCUT2D eigenvalue weighted by Crippen LogP contribution is -2.24. The number of nitrogens with zero attached hydrogens (tertiary/aromatic N) is 2. The van der Waals surface area contributed by atoms with Crippen LogP contribution in [0.4, 0.5) is 11.5 Å². The number of aromatic nitrogens is 1. The van der Waals surface area contributed by atoms with Crippen molar-refractivity contribution in [1.29, 1.82) is 0 Å². The van der Waals surface area contributed by atoms with E-state index in [2.05, 4.69) is 68.6 Å². The van der Waals surface area contributed by atoms with Crippen molar-refractivity contribution < 1.29 is 0 Å². The van der Waals surface area contributed by atoms with Crippen molar-refractivity contribution in [2.24, 2.45) is 5.73 Å². The molecular formula is C21H23BrN4. The Bertz CT molecular complexity index is 925. The number of fused-ring (bicyclic) bond motifs is 2. The molecule has 0 amide bonds. The molecular weight excluding hydrogens is 388 g/mol. The summed E-state index contributed by atoms with van der Waals surface area (Å²) >= 11 is 3.59. The van der Waals surface area contributed by atoms with Gasteiger partial charge in [-0.1, -0.05) is 40.2 Å². The van der Waals surface area contributed by atoms with E-state index in [1.165, 1.54) is 11.1 Å². The van der Waals surface area contributed by atoms with E-state index in [1.807, 2.05) is 6.07 Å². The van der Waals surface area contributed by atoms with Gasteiger partial charge in [-0.3, -0.25) is 0 Å². The summed E-state index contributed by atoms with van der Waals surface area (Å²) in [6.45, 7) is 3.26. The number of rotatable bonds is 4. The summed E-state index contributed by atoms with van der Waals surface area (Å²) in [6, 6.07) is 17.1. The van der Waals surface area contributed by atoms with Crippen LogP contribution in [0.25, 0.3) is 10.9 Å². The van der Waals surface area contributed by atoms with Gasteiger partial charge in [0.1, 0.15) is 5.82 Å². The molecule has 0 saturated heterocycles. The Morgan fingerprint density at radius 2 is 2.00 bits per heavy atom. The molecule has 1 aliphatic rings. The Morgan fingerprint density at radius 3 is 2.88 bits per heavy atom. The molecule has 0 saturated carbocycles. The summed E-state index contributed by atoms with van der Waals surface area (Å²) in [4.78, 5) is 7.33. The molecule has 1 aromatic heterocycles. The molecule has 0 radical (unpaired) electrons. The van der Waals surface area contributed by atoms with Crippen molar-refractivity contribution in [2.45, 2.75) is 19.4 Å². The summed E-state index contributed by atoms with van der Waals surface area (Å²) in [5, 5.41) is 4.60. The van der Waals surface area contributed by atoms with Crippen LogP contribution in [-0.4, -0.2) is 24.6 Å². The van der Waals surface area contributed by atoms with Crippen LogP contribution < -0.4 is 16.0 Å². The number of anilines is 2. The van der Waals surface area contributed by atoms with Crippen molar-refractivity contribution >= 4 is 38.3 Å². The van der Waals surface area contributed by atoms with Crippen LogP contribution in [0, 0.1) is 0 Å². The smallest absolute Gasteiger partial charge is 0.131 e. The number of pyridine rings is 1. The van der Waals surface area contributed by atoms with Gasteiger partial charge in [0.05, 0.1) is 5.52 Å². The van der Waals surface area contributed by atoms with Gasteiger partial charge in [0.2, 0.25) is 0 Å². The Morgan fingerprint density at radius 1 is 1.12 bits per heavy atom. The number of aryl methyl sites for hydroxylation is 1. The van der Waals surface area contributed by atoms with Gasteiger partial charge in [-0.15, -0.1) is 0 Å². The van der Waals surface area contributed by atoms with Crippen LogP contribution in [0.3, 0.4) is 0 Å². The van der Waals surface area contributed by atoms with Crippen molar-refractivity contribution in [2.75, 3.05) is 29.9 Å². The molecule has 134 valence electrons. The van der Waals surface area contributed by atoms with E-state index in [0.29, 0.717) is 6.54 Å². The van der Waals surface area contributed by atoms with E-state index in [0.717, 1.165) is 59.4 Å². The van der Waals surface area contributed by atoms with Gasteiger partial charge in [0.15, 0.2) is 0 Å². The maximum absolute atomic E-state index is 5.69. The normalized spacial score (nSPS) is 14.2. The molecule has 0 bridgehead atoms. The van der Waals surface area contributed by atoms with Crippen LogP contribution in [-0.2, 0) is 13.0 Å². The first kappa shape index (κ1) is 17.3. The number of nitrogens with one attached hydrogen (secondary N) is 1. The molecule has 3 aromatic rings. The molecule has 0 fully saturated rings. The first-order valence-electron chi connectivity index (χ1n) is 9.10. The van der Waals surface area contributed by atoms with Gasteiger partial charge in [0.25, 0.3) is 0 Å². The van der Waals surface area contributed by atoms with E-state index in [4.69, 9.17) is 10.7 Å². The third-order valence-corrected chi connectivity index (χ3v) is 5.38. The molecule has 5 heteroatoms. The van der Waals surface area contributed by atoms with Gasteiger partial charge < -0.3 is 16.0 Å². The molecule has 4 nitrogen and oxygen atoms in total. The molecule has 0 atom stereocenters. The predicted molar refractivity (Wildman–Crippen MR) is 113 cm³/mol. The highest BCUT2D eigenvalue weighted by atomic mass is 79.9. The highest BCUT2D eigenvalue weighted by molar-refractivity contribution is 9.10. The number of hydrogen-bond donors (Lipinski definition) is 2. The number of benzene rings is 2. The maximum Gasteiger partial charge on any atom is 0.131 e. The second kappa shape index (κ2) is 7.64. The third kappa shape index (κ3) is 3.55. The highest BCUT2D eigenvalue weighted by Gasteiger charge is 2.17. The zero-order valence-electron chi connectivity index (χ0n) is 14.7. The van der Waals surface area contributed by atoms with Crippen LogP contribution in [0.2, 0.25) is 0 Å². The molecule has 2 heterocycles.